The first-order valence-electron chi connectivity index (χ1n) is 5.88. The molecule has 1 nitrogen and oxygen atoms in total. The molecule has 0 amide bonds. The van der Waals surface area contributed by atoms with E-state index in [2.05, 4.69) is 67.6 Å². The Morgan fingerprint density at radius 3 is 1.56 bits per heavy atom. The van der Waals surface area contributed by atoms with Gasteiger partial charge in [-0.1, -0.05) is 43.3 Å². The molecule has 2 aromatic rings. The van der Waals surface area contributed by atoms with Gasteiger partial charge in [0, 0.05) is 0 Å². The molecule has 0 bridgehead atoms. The van der Waals surface area contributed by atoms with Crippen molar-refractivity contribution in [3.8, 4) is 0 Å². The molecule has 0 aliphatic carbocycles. The first-order chi connectivity index (χ1) is 7.92. The first-order valence-corrected chi connectivity index (χ1v) is 5.88. The lowest BCUT2D eigenvalue weighted by atomic mass is 10.2. The van der Waals surface area contributed by atoms with E-state index in [-0.39, 0.29) is 0 Å². The second-order valence-corrected chi connectivity index (χ2v) is 3.96. The molecule has 0 saturated heterocycles. The van der Waals surface area contributed by atoms with Crippen LogP contribution in [0.1, 0.15) is 13.3 Å². The molecule has 0 spiro atoms. The monoisotopic (exact) mass is 212 g/mol. The van der Waals surface area contributed by atoms with Gasteiger partial charge in [0.05, 0.1) is 6.54 Å². The van der Waals surface area contributed by atoms with Crippen molar-refractivity contribution in [1.82, 2.24) is 0 Å². The zero-order valence-electron chi connectivity index (χ0n) is 9.69. The van der Waals surface area contributed by atoms with E-state index in [1.54, 1.807) is 0 Å². The fraction of sp³-hybridized carbons (Fsp3) is 0.200. The molecule has 0 aromatic heterocycles. The normalized spacial score (nSPS) is 10.6. The van der Waals surface area contributed by atoms with E-state index in [0.717, 1.165) is 6.54 Å². The Hall–Kier alpha value is -1.60. The molecule has 0 radical (unpaired) electrons. The van der Waals surface area contributed by atoms with Gasteiger partial charge in [-0.05, 0) is 30.7 Å². The summed E-state index contributed by atoms with van der Waals surface area (Å²) in [4.78, 5) is 1.45. The van der Waals surface area contributed by atoms with Crippen LogP contribution in [0, 0.1) is 0 Å². The maximum atomic E-state index is 2.23. The molecule has 0 aliphatic rings. The van der Waals surface area contributed by atoms with Crippen molar-refractivity contribution >= 4 is 11.4 Å². The SMILES string of the molecule is CCC[NH+](c1ccccc1)c1ccccc1. The average molecular weight is 212 g/mol. The largest absolute Gasteiger partial charge is 0.270 e. The van der Waals surface area contributed by atoms with Crippen molar-refractivity contribution in [3.05, 3.63) is 60.7 Å². The summed E-state index contributed by atoms with van der Waals surface area (Å²) >= 11 is 0. The fourth-order valence-corrected chi connectivity index (χ4v) is 1.98. The van der Waals surface area contributed by atoms with Crippen molar-refractivity contribution in [2.75, 3.05) is 6.54 Å². The van der Waals surface area contributed by atoms with Crippen LogP contribution in [0.5, 0.6) is 0 Å². The van der Waals surface area contributed by atoms with Crippen LogP contribution in [-0.2, 0) is 0 Å². The summed E-state index contributed by atoms with van der Waals surface area (Å²) in [5, 5.41) is 0. The summed E-state index contributed by atoms with van der Waals surface area (Å²) in [5.74, 6) is 0. The summed E-state index contributed by atoms with van der Waals surface area (Å²) in [6.07, 6.45) is 1.18. The Morgan fingerprint density at radius 1 is 0.750 bits per heavy atom. The minimum atomic E-state index is 1.13. The average Bonchev–Trinajstić information content (AvgIpc) is 2.38. The van der Waals surface area contributed by atoms with E-state index in [1.165, 1.54) is 22.7 Å². The predicted octanol–water partition coefficient (Wildman–Crippen LogP) is 2.94. The second kappa shape index (κ2) is 5.47. The van der Waals surface area contributed by atoms with Gasteiger partial charge in [-0.2, -0.15) is 0 Å². The van der Waals surface area contributed by atoms with Gasteiger partial charge < -0.3 is 0 Å². The Kier molecular flexibility index (Phi) is 3.73. The number of benzene rings is 2. The maximum Gasteiger partial charge on any atom is 0.136 e. The molecular formula is C15H18N+. The number of nitrogens with one attached hydrogen (secondary N) is 1. The van der Waals surface area contributed by atoms with Gasteiger partial charge in [0.25, 0.3) is 0 Å². The van der Waals surface area contributed by atoms with Crippen LogP contribution in [0.15, 0.2) is 60.7 Å². The van der Waals surface area contributed by atoms with Crippen LogP contribution >= 0.6 is 0 Å². The molecule has 2 aromatic carbocycles. The van der Waals surface area contributed by atoms with E-state index < -0.39 is 0 Å². The smallest absolute Gasteiger partial charge is 0.136 e. The molecule has 0 fully saturated rings. The zero-order chi connectivity index (χ0) is 11.2. The highest BCUT2D eigenvalue weighted by atomic mass is 15.1. The second-order valence-electron chi connectivity index (χ2n) is 3.96. The summed E-state index contributed by atoms with van der Waals surface area (Å²) in [5.41, 5.74) is 2.69. The highest BCUT2D eigenvalue weighted by Crippen LogP contribution is 2.06. The zero-order valence-corrected chi connectivity index (χ0v) is 9.69. The molecule has 1 heteroatoms. The quantitative estimate of drug-likeness (QED) is 0.794. The predicted molar refractivity (Wildman–Crippen MR) is 68.3 cm³/mol. The first kappa shape index (κ1) is 10.9. The molecule has 2 rings (SSSR count). The van der Waals surface area contributed by atoms with Crippen molar-refractivity contribution in [3.63, 3.8) is 0 Å². The Balaban J connectivity index is 2.31. The summed E-state index contributed by atoms with van der Waals surface area (Å²) in [6, 6.07) is 21.3. The van der Waals surface area contributed by atoms with Crippen LogP contribution in [0.2, 0.25) is 0 Å². The van der Waals surface area contributed by atoms with Gasteiger partial charge in [0.15, 0.2) is 0 Å². The van der Waals surface area contributed by atoms with Crippen LogP contribution in [0.3, 0.4) is 0 Å². The summed E-state index contributed by atoms with van der Waals surface area (Å²) < 4.78 is 0. The van der Waals surface area contributed by atoms with Crippen molar-refractivity contribution < 1.29 is 4.90 Å². The van der Waals surface area contributed by atoms with Crippen LogP contribution < -0.4 is 4.90 Å². The Morgan fingerprint density at radius 2 is 1.19 bits per heavy atom. The highest BCUT2D eigenvalue weighted by Gasteiger charge is 2.12. The lowest BCUT2D eigenvalue weighted by Crippen LogP contribution is -3.02. The van der Waals surface area contributed by atoms with Crippen molar-refractivity contribution in [1.29, 1.82) is 0 Å². The third-order valence-corrected chi connectivity index (χ3v) is 2.74. The van der Waals surface area contributed by atoms with Gasteiger partial charge >= 0.3 is 0 Å². The van der Waals surface area contributed by atoms with E-state index >= 15 is 0 Å². The van der Waals surface area contributed by atoms with Gasteiger partial charge in [-0.3, -0.25) is 4.90 Å². The van der Waals surface area contributed by atoms with E-state index in [1.807, 2.05) is 0 Å². The molecule has 0 heterocycles. The standard InChI is InChI=1S/C15H17N/c1-2-13-16(14-9-5-3-6-10-14)15-11-7-4-8-12-15/h3-12H,2,13H2,1H3/p+1. The molecule has 16 heavy (non-hydrogen) atoms. The fourth-order valence-electron chi connectivity index (χ4n) is 1.98. The molecule has 82 valence electrons. The number of hydrogen-bond acceptors (Lipinski definition) is 0. The van der Waals surface area contributed by atoms with Crippen LogP contribution in [0.4, 0.5) is 11.4 Å². The third kappa shape index (κ3) is 2.50. The summed E-state index contributed by atoms with van der Waals surface area (Å²) in [7, 11) is 0. The molecule has 0 aliphatic heterocycles. The molecular weight excluding hydrogens is 194 g/mol. The lowest BCUT2D eigenvalue weighted by molar-refractivity contribution is -0.760. The topological polar surface area (TPSA) is 4.44 Å². The molecule has 0 unspecified atom stereocenters. The van der Waals surface area contributed by atoms with Crippen molar-refractivity contribution in [2.24, 2.45) is 0 Å². The molecule has 0 saturated carbocycles. The Labute approximate surface area is 97.3 Å². The maximum absolute atomic E-state index is 2.23. The molecule has 0 atom stereocenters. The van der Waals surface area contributed by atoms with Gasteiger partial charge in [-0.25, -0.2) is 0 Å². The Bertz CT molecular complexity index is 368. The molecule has 1 N–H and O–H groups in total. The number of hydrogen-bond donors (Lipinski definition) is 1. The summed E-state index contributed by atoms with van der Waals surface area (Å²) in [6.45, 7) is 3.36. The minimum Gasteiger partial charge on any atom is -0.270 e. The van der Waals surface area contributed by atoms with E-state index in [4.69, 9.17) is 0 Å². The van der Waals surface area contributed by atoms with Gasteiger partial charge in [0.2, 0.25) is 0 Å². The number of quaternary nitrogens is 1. The van der Waals surface area contributed by atoms with Crippen LogP contribution in [0.25, 0.3) is 0 Å². The highest BCUT2D eigenvalue weighted by molar-refractivity contribution is 5.37. The van der Waals surface area contributed by atoms with Gasteiger partial charge in [0.1, 0.15) is 11.4 Å². The third-order valence-electron chi connectivity index (χ3n) is 2.74. The van der Waals surface area contributed by atoms with E-state index in [0.29, 0.717) is 0 Å². The number of para-hydroxylation sites is 2. The van der Waals surface area contributed by atoms with Crippen molar-refractivity contribution in [2.45, 2.75) is 13.3 Å². The lowest BCUT2D eigenvalue weighted by Gasteiger charge is -2.17. The minimum absolute atomic E-state index is 1.13. The van der Waals surface area contributed by atoms with Gasteiger partial charge in [-0.15, -0.1) is 0 Å². The van der Waals surface area contributed by atoms with E-state index in [9.17, 15) is 0 Å². The van der Waals surface area contributed by atoms with Crippen LogP contribution in [-0.4, -0.2) is 6.54 Å². The number of rotatable bonds is 4.